The van der Waals surface area contributed by atoms with Crippen LogP contribution in [0.2, 0.25) is 0 Å². The summed E-state index contributed by atoms with van der Waals surface area (Å²) in [6.07, 6.45) is 2.22. The third-order valence-corrected chi connectivity index (χ3v) is 1.95. The fraction of sp³-hybridized carbons (Fsp3) is 0.600. The van der Waals surface area contributed by atoms with Crippen molar-refractivity contribution in [1.82, 2.24) is 15.1 Å². The summed E-state index contributed by atoms with van der Waals surface area (Å²) in [7, 11) is 3.47. The van der Waals surface area contributed by atoms with E-state index in [1.165, 1.54) is 0 Å². The van der Waals surface area contributed by atoms with Gasteiger partial charge < -0.3 is 10.1 Å². The van der Waals surface area contributed by atoms with Gasteiger partial charge in [-0.3, -0.25) is 9.48 Å². The second-order valence-electron chi connectivity index (χ2n) is 3.37. The molecule has 1 heterocycles. The van der Waals surface area contributed by atoms with Gasteiger partial charge in [-0.25, -0.2) is 0 Å². The molecule has 5 heteroatoms. The van der Waals surface area contributed by atoms with Gasteiger partial charge in [0.25, 0.3) is 0 Å². The number of ether oxygens (including phenoxy) is 1. The van der Waals surface area contributed by atoms with Crippen LogP contribution in [0.1, 0.15) is 5.69 Å². The molecule has 0 radical (unpaired) electrons. The van der Waals surface area contributed by atoms with Crippen molar-refractivity contribution >= 4 is 5.78 Å². The molecular formula is C10H17N3O2. The van der Waals surface area contributed by atoms with Crippen LogP contribution in [0.5, 0.6) is 0 Å². The van der Waals surface area contributed by atoms with E-state index in [0.29, 0.717) is 26.1 Å². The first-order valence-electron chi connectivity index (χ1n) is 4.92. The van der Waals surface area contributed by atoms with Crippen molar-refractivity contribution < 1.29 is 9.53 Å². The number of carbonyl (C=O) groups excluding carboxylic acids is 1. The summed E-state index contributed by atoms with van der Waals surface area (Å²) in [4.78, 5) is 11.4. The topological polar surface area (TPSA) is 56.1 Å². The number of ketones is 1. The van der Waals surface area contributed by atoms with Gasteiger partial charge in [0.15, 0.2) is 5.78 Å². The monoisotopic (exact) mass is 211 g/mol. The molecule has 1 rings (SSSR count). The van der Waals surface area contributed by atoms with E-state index in [4.69, 9.17) is 4.74 Å². The molecule has 0 fully saturated rings. The van der Waals surface area contributed by atoms with Crippen molar-refractivity contribution in [3.63, 3.8) is 0 Å². The second kappa shape index (κ2) is 6.31. The van der Waals surface area contributed by atoms with Crippen LogP contribution in [0, 0.1) is 0 Å². The lowest BCUT2D eigenvalue weighted by Crippen LogP contribution is -2.27. The largest absolute Gasteiger partial charge is 0.383 e. The number of aromatic nitrogens is 2. The van der Waals surface area contributed by atoms with E-state index in [1.807, 2.05) is 19.3 Å². The highest BCUT2D eigenvalue weighted by molar-refractivity contribution is 5.82. The highest BCUT2D eigenvalue weighted by Crippen LogP contribution is 1.95. The first kappa shape index (κ1) is 11.9. The maximum absolute atomic E-state index is 11.4. The van der Waals surface area contributed by atoms with Crippen LogP contribution in [0.4, 0.5) is 0 Å². The number of rotatable bonds is 7. The van der Waals surface area contributed by atoms with Crippen molar-refractivity contribution in [1.29, 1.82) is 0 Å². The molecular weight excluding hydrogens is 194 g/mol. The van der Waals surface area contributed by atoms with Gasteiger partial charge in [-0.1, -0.05) is 0 Å². The average Bonchev–Trinajstić information content (AvgIpc) is 2.59. The number of nitrogens with zero attached hydrogens (tertiary/aromatic N) is 2. The van der Waals surface area contributed by atoms with Crippen LogP contribution in [-0.2, 0) is 23.0 Å². The molecule has 0 amide bonds. The molecule has 0 aliphatic carbocycles. The molecule has 0 unspecified atom stereocenters. The van der Waals surface area contributed by atoms with Gasteiger partial charge in [0.05, 0.1) is 25.3 Å². The summed E-state index contributed by atoms with van der Waals surface area (Å²) in [6.45, 7) is 1.70. The number of methoxy groups -OCH3 is 1. The lowest BCUT2D eigenvalue weighted by molar-refractivity contribution is -0.117. The van der Waals surface area contributed by atoms with E-state index in [1.54, 1.807) is 11.8 Å². The Bertz CT molecular complexity index is 309. The van der Waals surface area contributed by atoms with Gasteiger partial charge in [0.2, 0.25) is 0 Å². The fourth-order valence-electron chi connectivity index (χ4n) is 1.22. The Kier molecular flexibility index (Phi) is 5.00. The van der Waals surface area contributed by atoms with E-state index in [9.17, 15) is 4.79 Å². The van der Waals surface area contributed by atoms with Gasteiger partial charge in [-0.2, -0.15) is 5.10 Å². The molecule has 5 nitrogen and oxygen atoms in total. The third-order valence-electron chi connectivity index (χ3n) is 1.95. The molecule has 0 saturated heterocycles. The molecule has 1 aromatic rings. The lowest BCUT2D eigenvalue weighted by Gasteiger charge is -2.01. The van der Waals surface area contributed by atoms with Crippen LogP contribution >= 0.6 is 0 Å². The summed E-state index contributed by atoms with van der Waals surface area (Å²) < 4.78 is 6.55. The zero-order chi connectivity index (χ0) is 11.1. The number of hydrogen-bond donors (Lipinski definition) is 1. The molecule has 0 atom stereocenters. The Morgan fingerprint density at radius 2 is 2.47 bits per heavy atom. The van der Waals surface area contributed by atoms with E-state index in [-0.39, 0.29) is 5.78 Å². The third kappa shape index (κ3) is 4.71. The SMILES string of the molecule is COCCNCC(=O)Cc1ccn(C)n1. The van der Waals surface area contributed by atoms with Gasteiger partial charge in [-0.15, -0.1) is 0 Å². The molecule has 0 aromatic carbocycles. The Morgan fingerprint density at radius 1 is 1.67 bits per heavy atom. The highest BCUT2D eigenvalue weighted by atomic mass is 16.5. The van der Waals surface area contributed by atoms with Crippen molar-refractivity contribution in [3.05, 3.63) is 18.0 Å². The van der Waals surface area contributed by atoms with Gasteiger partial charge in [0.1, 0.15) is 0 Å². The maximum Gasteiger partial charge on any atom is 0.152 e. The summed E-state index contributed by atoms with van der Waals surface area (Å²) in [6, 6.07) is 1.85. The quantitative estimate of drug-likeness (QED) is 0.633. The molecule has 84 valence electrons. The standard InChI is InChI=1S/C10H17N3O2/c1-13-5-3-9(12-13)7-10(14)8-11-4-6-15-2/h3,5,11H,4,6-8H2,1-2H3. The zero-order valence-corrected chi connectivity index (χ0v) is 9.19. The van der Waals surface area contributed by atoms with E-state index in [2.05, 4.69) is 10.4 Å². The Hall–Kier alpha value is -1.20. The van der Waals surface area contributed by atoms with Crippen LogP contribution in [-0.4, -0.2) is 42.4 Å². The van der Waals surface area contributed by atoms with Crippen LogP contribution in [0.15, 0.2) is 12.3 Å². The minimum atomic E-state index is 0.143. The summed E-state index contributed by atoms with van der Waals surface area (Å²) in [5.74, 6) is 0.143. The smallest absolute Gasteiger partial charge is 0.152 e. The van der Waals surface area contributed by atoms with Crippen LogP contribution < -0.4 is 5.32 Å². The maximum atomic E-state index is 11.4. The number of aryl methyl sites for hydroxylation is 1. The minimum Gasteiger partial charge on any atom is -0.383 e. The Morgan fingerprint density at radius 3 is 3.07 bits per heavy atom. The molecule has 0 saturated carbocycles. The summed E-state index contributed by atoms with van der Waals surface area (Å²) in [5.41, 5.74) is 0.816. The number of carbonyl (C=O) groups is 1. The molecule has 1 N–H and O–H groups in total. The summed E-state index contributed by atoms with van der Waals surface area (Å²) in [5, 5.41) is 7.14. The Labute approximate surface area is 89.4 Å². The second-order valence-corrected chi connectivity index (χ2v) is 3.37. The molecule has 15 heavy (non-hydrogen) atoms. The minimum absolute atomic E-state index is 0.143. The van der Waals surface area contributed by atoms with Crippen molar-refractivity contribution in [2.24, 2.45) is 7.05 Å². The molecule has 0 bridgehead atoms. The van der Waals surface area contributed by atoms with Crippen molar-refractivity contribution in [3.8, 4) is 0 Å². The summed E-state index contributed by atoms with van der Waals surface area (Å²) >= 11 is 0. The molecule has 0 spiro atoms. The first-order valence-corrected chi connectivity index (χ1v) is 4.92. The van der Waals surface area contributed by atoms with Crippen LogP contribution in [0.25, 0.3) is 0 Å². The van der Waals surface area contributed by atoms with Crippen molar-refractivity contribution in [2.75, 3.05) is 26.8 Å². The highest BCUT2D eigenvalue weighted by Gasteiger charge is 2.05. The predicted octanol–water partition coefficient (Wildman–Crippen LogP) is -0.232. The van der Waals surface area contributed by atoms with Gasteiger partial charge in [0, 0.05) is 26.9 Å². The predicted molar refractivity (Wildman–Crippen MR) is 56.7 cm³/mol. The van der Waals surface area contributed by atoms with E-state index in [0.717, 1.165) is 5.69 Å². The fourth-order valence-corrected chi connectivity index (χ4v) is 1.22. The number of hydrogen-bond acceptors (Lipinski definition) is 4. The van der Waals surface area contributed by atoms with Gasteiger partial charge in [-0.05, 0) is 6.07 Å². The number of nitrogens with one attached hydrogen (secondary N) is 1. The molecule has 1 aromatic heterocycles. The molecule has 0 aliphatic rings. The zero-order valence-electron chi connectivity index (χ0n) is 9.19. The van der Waals surface area contributed by atoms with Crippen LogP contribution in [0.3, 0.4) is 0 Å². The first-order chi connectivity index (χ1) is 7.22. The number of Topliss-reactive ketones (excluding diaryl/α,β-unsaturated/α-hetero) is 1. The van der Waals surface area contributed by atoms with E-state index >= 15 is 0 Å². The van der Waals surface area contributed by atoms with Gasteiger partial charge >= 0.3 is 0 Å². The van der Waals surface area contributed by atoms with Crippen molar-refractivity contribution in [2.45, 2.75) is 6.42 Å². The van der Waals surface area contributed by atoms with E-state index < -0.39 is 0 Å². The normalized spacial score (nSPS) is 10.5. The molecule has 0 aliphatic heterocycles. The average molecular weight is 211 g/mol. The Balaban J connectivity index is 2.18. The lowest BCUT2D eigenvalue weighted by atomic mass is 10.2.